The molecule has 1 aromatic rings. The first-order valence-electron chi connectivity index (χ1n) is 6.20. The van der Waals surface area contributed by atoms with E-state index in [-0.39, 0.29) is 0 Å². The molecule has 0 aliphatic rings. The zero-order valence-corrected chi connectivity index (χ0v) is 12.1. The number of hydrogen-bond donors (Lipinski definition) is 1. The van der Waals surface area contributed by atoms with Gasteiger partial charge in [0.05, 0.1) is 6.04 Å². The fourth-order valence-electron chi connectivity index (χ4n) is 1.82. The molecule has 0 saturated heterocycles. The summed E-state index contributed by atoms with van der Waals surface area (Å²) >= 11 is 1.82. The van der Waals surface area contributed by atoms with E-state index in [2.05, 4.69) is 62.7 Å². The summed E-state index contributed by atoms with van der Waals surface area (Å²) in [6.07, 6.45) is 5.61. The lowest BCUT2D eigenvalue weighted by atomic mass is 10.0. The van der Waals surface area contributed by atoms with Gasteiger partial charge in [-0.2, -0.15) is 0 Å². The summed E-state index contributed by atoms with van der Waals surface area (Å²) in [4.78, 5) is 1.36. The van der Waals surface area contributed by atoms with E-state index < -0.39 is 0 Å². The van der Waals surface area contributed by atoms with E-state index >= 15 is 0 Å². The number of rotatable bonds is 6. The summed E-state index contributed by atoms with van der Waals surface area (Å²) in [5.74, 6) is 0. The Labute approximate surface area is 110 Å². The van der Waals surface area contributed by atoms with Gasteiger partial charge < -0.3 is 5.32 Å². The average Bonchev–Trinajstić information content (AvgIpc) is 2.34. The average molecular weight is 249 g/mol. The summed E-state index contributed by atoms with van der Waals surface area (Å²) in [5, 5.41) is 3.60. The van der Waals surface area contributed by atoms with Gasteiger partial charge in [-0.1, -0.05) is 36.8 Å². The van der Waals surface area contributed by atoms with Gasteiger partial charge in [0.25, 0.3) is 0 Å². The Morgan fingerprint density at radius 3 is 2.65 bits per heavy atom. The standard InChI is InChI=1S/C15H23NS/c1-5-10-16-14(11-12(2)3)13-8-6-7-9-15(13)17-4/h6-9,11,14,16H,5,10H2,1-4H3. The maximum Gasteiger partial charge on any atom is 0.0519 e. The third-order valence-corrected chi connectivity index (χ3v) is 3.40. The first kappa shape index (κ1) is 14.3. The molecular formula is C15H23NS. The smallest absolute Gasteiger partial charge is 0.0519 e. The molecule has 0 aromatic heterocycles. The number of allylic oxidation sites excluding steroid dienone is 1. The lowest BCUT2D eigenvalue weighted by molar-refractivity contribution is 0.603. The first-order valence-corrected chi connectivity index (χ1v) is 7.42. The van der Waals surface area contributed by atoms with Gasteiger partial charge in [0.1, 0.15) is 0 Å². The summed E-state index contributed by atoms with van der Waals surface area (Å²) in [6, 6.07) is 8.98. The molecule has 1 atom stereocenters. The van der Waals surface area contributed by atoms with E-state index in [0.29, 0.717) is 6.04 Å². The molecule has 94 valence electrons. The summed E-state index contributed by atoms with van der Waals surface area (Å²) in [7, 11) is 0. The molecule has 0 bridgehead atoms. The summed E-state index contributed by atoms with van der Waals surface area (Å²) in [6.45, 7) is 7.56. The second kappa shape index (κ2) is 7.57. The highest BCUT2D eigenvalue weighted by atomic mass is 32.2. The summed E-state index contributed by atoms with van der Waals surface area (Å²) < 4.78 is 0. The van der Waals surface area contributed by atoms with Crippen molar-refractivity contribution in [2.75, 3.05) is 12.8 Å². The quantitative estimate of drug-likeness (QED) is 0.592. The van der Waals surface area contributed by atoms with Crippen molar-refractivity contribution >= 4 is 11.8 Å². The van der Waals surface area contributed by atoms with Gasteiger partial charge in [-0.15, -0.1) is 11.8 Å². The molecule has 17 heavy (non-hydrogen) atoms. The molecule has 0 fully saturated rings. The zero-order chi connectivity index (χ0) is 12.7. The van der Waals surface area contributed by atoms with Crippen molar-refractivity contribution in [2.24, 2.45) is 0 Å². The Kier molecular flexibility index (Phi) is 6.38. The molecule has 1 N–H and O–H groups in total. The zero-order valence-electron chi connectivity index (χ0n) is 11.3. The lowest BCUT2D eigenvalue weighted by Crippen LogP contribution is -2.21. The van der Waals surface area contributed by atoms with Crippen LogP contribution in [0.1, 0.15) is 38.8 Å². The SMILES string of the molecule is CCCNC(C=C(C)C)c1ccccc1SC. The van der Waals surface area contributed by atoms with Gasteiger partial charge in [-0.3, -0.25) is 0 Å². The molecule has 2 heteroatoms. The van der Waals surface area contributed by atoms with Crippen LogP contribution in [-0.4, -0.2) is 12.8 Å². The van der Waals surface area contributed by atoms with Crippen molar-refractivity contribution in [1.82, 2.24) is 5.32 Å². The van der Waals surface area contributed by atoms with Crippen molar-refractivity contribution < 1.29 is 0 Å². The third kappa shape index (κ3) is 4.57. The molecule has 0 spiro atoms. The first-order chi connectivity index (χ1) is 8.19. The van der Waals surface area contributed by atoms with Gasteiger partial charge in [-0.25, -0.2) is 0 Å². The minimum Gasteiger partial charge on any atom is -0.307 e. The molecular weight excluding hydrogens is 226 g/mol. The lowest BCUT2D eigenvalue weighted by Gasteiger charge is -2.18. The maximum absolute atomic E-state index is 3.60. The highest BCUT2D eigenvalue weighted by molar-refractivity contribution is 7.98. The van der Waals surface area contributed by atoms with E-state index in [0.717, 1.165) is 13.0 Å². The highest BCUT2D eigenvalue weighted by Crippen LogP contribution is 2.27. The van der Waals surface area contributed by atoms with Crippen molar-refractivity contribution in [3.63, 3.8) is 0 Å². The summed E-state index contributed by atoms with van der Waals surface area (Å²) in [5.41, 5.74) is 2.74. The van der Waals surface area contributed by atoms with Crippen molar-refractivity contribution in [1.29, 1.82) is 0 Å². The Hall–Kier alpha value is -0.730. The van der Waals surface area contributed by atoms with Crippen LogP contribution in [0.4, 0.5) is 0 Å². The Morgan fingerprint density at radius 1 is 1.35 bits per heavy atom. The number of thioether (sulfide) groups is 1. The van der Waals surface area contributed by atoms with Gasteiger partial charge in [-0.05, 0) is 44.7 Å². The predicted molar refractivity (Wildman–Crippen MR) is 78.7 cm³/mol. The van der Waals surface area contributed by atoms with Gasteiger partial charge in [0, 0.05) is 4.90 Å². The van der Waals surface area contributed by atoms with Gasteiger partial charge in [0.15, 0.2) is 0 Å². The van der Waals surface area contributed by atoms with Crippen LogP contribution in [0.5, 0.6) is 0 Å². The molecule has 0 radical (unpaired) electrons. The van der Waals surface area contributed by atoms with Crippen LogP contribution in [0.15, 0.2) is 40.8 Å². The van der Waals surface area contributed by atoms with Gasteiger partial charge in [0.2, 0.25) is 0 Å². The molecule has 1 aromatic carbocycles. The largest absolute Gasteiger partial charge is 0.307 e. The molecule has 1 rings (SSSR count). The van der Waals surface area contributed by atoms with Crippen LogP contribution in [0.2, 0.25) is 0 Å². The van der Waals surface area contributed by atoms with E-state index in [4.69, 9.17) is 0 Å². The second-order valence-corrected chi connectivity index (χ2v) is 5.27. The molecule has 1 nitrogen and oxygen atoms in total. The number of nitrogens with one attached hydrogen (secondary N) is 1. The molecule has 0 aliphatic carbocycles. The van der Waals surface area contributed by atoms with E-state index in [1.807, 2.05) is 11.8 Å². The van der Waals surface area contributed by atoms with E-state index in [1.54, 1.807) is 0 Å². The third-order valence-electron chi connectivity index (χ3n) is 2.59. The van der Waals surface area contributed by atoms with Crippen LogP contribution < -0.4 is 5.32 Å². The Morgan fingerprint density at radius 2 is 2.06 bits per heavy atom. The topological polar surface area (TPSA) is 12.0 Å². The molecule has 0 saturated carbocycles. The van der Waals surface area contributed by atoms with E-state index in [1.165, 1.54) is 16.0 Å². The van der Waals surface area contributed by atoms with Crippen molar-refractivity contribution in [3.8, 4) is 0 Å². The molecule has 1 unspecified atom stereocenters. The molecule has 0 amide bonds. The van der Waals surface area contributed by atoms with Crippen LogP contribution in [0, 0.1) is 0 Å². The number of hydrogen-bond acceptors (Lipinski definition) is 2. The Bertz CT molecular complexity index is 367. The minimum absolute atomic E-state index is 0.337. The predicted octanol–water partition coefficient (Wildman–Crippen LogP) is 4.42. The van der Waals surface area contributed by atoms with Crippen molar-refractivity contribution in [2.45, 2.75) is 38.1 Å². The van der Waals surface area contributed by atoms with Gasteiger partial charge >= 0.3 is 0 Å². The van der Waals surface area contributed by atoms with Crippen molar-refractivity contribution in [3.05, 3.63) is 41.5 Å². The van der Waals surface area contributed by atoms with Crippen LogP contribution in [0.25, 0.3) is 0 Å². The minimum atomic E-state index is 0.337. The second-order valence-electron chi connectivity index (χ2n) is 4.42. The van der Waals surface area contributed by atoms with Crippen LogP contribution in [-0.2, 0) is 0 Å². The normalized spacial score (nSPS) is 12.2. The maximum atomic E-state index is 3.60. The molecule has 0 aliphatic heterocycles. The van der Waals surface area contributed by atoms with E-state index in [9.17, 15) is 0 Å². The van der Waals surface area contributed by atoms with Crippen LogP contribution in [0.3, 0.4) is 0 Å². The molecule has 0 heterocycles. The highest BCUT2D eigenvalue weighted by Gasteiger charge is 2.11. The monoisotopic (exact) mass is 249 g/mol. The fraction of sp³-hybridized carbons (Fsp3) is 0.467. The Balaban J connectivity index is 2.98. The van der Waals surface area contributed by atoms with Crippen LogP contribution >= 0.6 is 11.8 Å². The number of benzene rings is 1. The fourth-order valence-corrected chi connectivity index (χ4v) is 2.46.